The maximum absolute atomic E-state index is 14.7. The van der Waals surface area contributed by atoms with Crippen molar-refractivity contribution in [3.05, 3.63) is 78.4 Å². The summed E-state index contributed by atoms with van der Waals surface area (Å²) in [4.78, 5) is 0. The average Bonchev–Trinajstić information content (AvgIpc) is 2.60. The third-order valence-corrected chi connectivity index (χ3v) is 10.1. The summed E-state index contributed by atoms with van der Waals surface area (Å²) in [5.74, 6) is -0.908. The quantitative estimate of drug-likeness (QED) is 0.558. The van der Waals surface area contributed by atoms with E-state index in [4.69, 9.17) is 4.43 Å². The smallest absolute Gasteiger partial charge is 0.320 e. The molecule has 1 unspecified atom stereocenters. The highest BCUT2D eigenvalue weighted by atomic mass is 28.4. The van der Waals surface area contributed by atoms with Gasteiger partial charge in [-0.05, 0) is 21.0 Å². The fourth-order valence-electron chi connectivity index (χ4n) is 4.00. The van der Waals surface area contributed by atoms with E-state index in [2.05, 4.69) is 32.9 Å². The van der Waals surface area contributed by atoms with Gasteiger partial charge in [0.1, 0.15) is 17.4 Å². The van der Waals surface area contributed by atoms with Crippen LogP contribution in [0.1, 0.15) is 20.8 Å². The standard InChI is InChI=1S/C22H20F2OSi/c1-22(2,3)26(16-9-5-4-6-10-16)20-12-8-7-11-17(20)21-18(24)13-15(23)14-19(21)25-26/h4-14H,1-3H3. The molecule has 0 spiro atoms. The molecule has 132 valence electrons. The second kappa shape index (κ2) is 5.78. The number of hydrogen-bond donors (Lipinski definition) is 0. The van der Waals surface area contributed by atoms with Gasteiger partial charge in [0.25, 0.3) is 0 Å². The normalized spacial score (nSPS) is 18.7. The van der Waals surface area contributed by atoms with E-state index >= 15 is 0 Å². The van der Waals surface area contributed by atoms with Gasteiger partial charge in [-0.25, -0.2) is 8.78 Å². The van der Waals surface area contributed by atoms with Gasteiger partial charge < -0.3 is 4.43 Å². The van der Waals surface area contributed by atoms with Crippen LogP contribution in [-0.4, -0.2) is 8.32 Å². The van der Waals surface area contributed by atoms with E-state index in [9.17, 15) is 8.78 Å². The molecule has 0 saturated heterocycles. The van der Waals surface area contributed by atoms with Crippen LogP contribution in [-0.2, 0) is 0 Å². The summed E-state index contributed by atoms with van der Waals surface area (Å²) in [5, 5.41) is 1.89. The topological polar surface area (TPSA) is 9.23 Å². The van der Waals surface area contributed by atoms with Gasteiger partial charge in [0.05, 0.1) is 5.56 Å². The Bertz CT molecular complexity index is 979. The van der Waals surface area contributed by atoms with Crippen LogP contribution >= 0.6 is 0 Å². The second-order valence-corrected chi connectivity index (χ2v) is 11.9. The van der Waals surface area contributed by atoms with E-state index < -0.39 is 20.0 Å². The van der Waals surface area contributed by atoms with Crippen LogP contribution in [0.15, 0.2) is 66.7 Å². The Hall–Kier alpha value is -2.46. The van der Waals surface area contributed by atoms with Gasteiger partial charge in [-0.2, -0.15) is 0 Å². The van der Waals surface area contributed by atoms with Crippen molar-refractivity contribution in [2.24, 2.45) is 0 Å². The zero-order chi connectivity index (χ0) is 18.5. The predicted molar refractivity (Wildman–Crippen MR) is 104 cm³/mol. The summed E-state index contributed by atoms with van der Waals surface area (Å²) < 4.78 is 35.3. The number of halogens is 2. The highest BCUT2D eigenvalue weighted by molar-refractivity contribution is 7.01. The van der Waals surface area contributed by atoms with Crippen LogP contribution in [0.25, 0.3) is 11.1 Å². The fourth-order valence-corrected chi connectivity index (χ4v) is 8.59. The molecule has 1 aliphatic heterocycles. The first-order chi connectivity index (χ1) is 12.3. The number of rotatable bonds is 1. The second-order valence-electron chi connectivity index (χ2n) is 7.71. The Morgan fingerprint density at radius 2 is 1.50 bits per heavy atom. The summed E-state index contributed by atoms with van der Waals surface area (Å²) >= 11 is 0. The monoisotopic (exact) mass is 366 g/mol. The number of hydrogen-bond acceptors (Lipinski definition) is 1. The molecule has 0 radical (unpaired) electrons. The zero-order valence-electron chi connectivity index (χ0n) is 15.0. The largest absolute Gasteiger partial charge is 0.533 e. The lowest BCUT2D eigenvalue weighted by atomic mass is 10.0. The first-order valence-electron chi connectivity index (χ1n) is 8.68. The lowest BCUT2D eigenvalue weighted by Gasteiger charge is -2.46. The molecule has 0 amide bonds. The van der Waals surface area contributed by atoms with Crippen molar-refractivity contribution < 1.29 is 13.2 Å². The van der Waals surface area contributed by atoms with Crippen molar-refractivity contribution in [1.82, 2.24) is 0 Å². The molecule has 3 aromatic rings. The Labute approximate surface area is 153 Å². The minimum atomic E-state index is -2.81. The Morgan fingerprint density at radius 3 is 2.19 bits per heavy atom. The molecule has 3 aromatic carbocycles. The van der Waals surface area contributed by atoms with Crippen LogP contribution in [0.3, 0.4) is 0 Å². The van der Waals surface area contributed by atoms with E-state index in [0.29, 0.717) is 11.3 Å². The van der Waals surface area contributed by atoms with Gasteiger partial charge in [0.2, 0.25) is 0 Å². The lowest BCUT2D eigenvalue weighted by molar-refractivity contribution is 0.491. The summed E-state index contributed by atoms with van der Waals surface area (Å²) in [6, 6.07) is 20.1. The van der Waals surface area contributed by atoms with Gasteiger partial charge in [0, 0.05) is 12.1 Å². The van der Waals surface area contributed by atoms with E-state index in [1.165, 1.54) is 6.07 Å². The van der Waals surface area contributed by atoms with Gasteiger partial charge in [-0.3, -0.25) is 0 Å². The summed E-state index contributed by atoms with van der Waals surface area (Å²) in [5.41, 5.74) is 1.15. The molecule has 0 saturated carbocycles. The zero-order valence-corrected chi connectivity index (χ0v) is 16.0. The van der Waals surface area contributed by atoms with Gasteiger partial charge >= 0.3 is 8.32 Å². The first kappa shape index (κ1) is 17.0. The summed E-state index contributed by atoms with van der Waals surface area (Å²) in [7, 11) is -2.81. The maximum Gasteiger partial charge on any atom is 0.320 e. The molecular weight excluding hydrogens is 346 g/mol. The number of benzene rings is 3. The van der Waals surface area contributed by atoms with E-state index in [1.54, 1.807) is 0 Å². The minimum Gasteiger partial charge on any atom is -0.533 e. The molecule has 4 rings (SSSR count). The molecule has 0 fully saturated rings. The van der Waals surface area contributed by atoms with E-state index in [1.807, 2.05) is 42.5 Å². The minimum absolute atomic E-state index is 0.231. The molecule has 0 N–H and O–H groups in total. The maximum atomic E-state index is 14.7. The first-order valence-corrected chi connectivity index (χ1v) is 10.6. The molecule has 0 bridgehead atoms. The molecule has 1 nitrogen and oxygen atoms in total. The molecule has 0 aromatic heterocycles. The third kappa shape index (κ3) is 2.32. The highest BCUT2D eigenvalue weighted by Crippen LogP contribution is 2.46. The van der Waals surface area contributed by atoms with Crippen LogP contribution in [0, 0.1) is 11.6 Å². The Balaban J connectivity index is 2.12. The van der Waals surface area contributed by atoms with E-state index in [-0.39, 0.29) is 5.04 Å². The highest BCUT2D eigenvalue weighted by Gasteiger charge is 2.55. The van der Waals surface area contributed by atoms with Gasteiger partial charge in [0.15, 0.2) is 0 Å². The van der Waals surface area contributed by atoms with Crippen LogP contribution < -0.4 is 14.8 Å². The van der Waals surface area contributed by atoms with Crippen LogP contribution in [0.2, 0.25) is 5.04 Å². The Kier molecular flexibility index (Phi) is 3.77. The van der Waals surface area contributed by atoms with Crippen molar-refractivity contribution in [2.75, 3.05) is 0 Å². The SMILES string of the molecule is CC(C)(C)[Si]1(c2ccccc2)Oc2cc(F)cc(F)c2-c2ccccc21. The molecule has 1 heterocycles. The van der Waals surface area contributed by atoms with Crippen molar-refractivity contribution >= 4 is 18.7 Å². The van der Waals surface area contributed by atoms with Crippen molar-refractivity contribution in [1.29, 1.82) is 0 Å². The predicted octanol–water partition coefficient (Wildman–Crippen LogP) is 4.88. The molecule has 1 aliphatic rings. The lowest BCUT2D eigenvalue weighted by Crippen LogP contribution is -2.70. The molecule has 4 heteroatoms. The molecule has 26 heavy (non-hydrogen) atoms. The van der Waals surface area contributed by atoms with Gasteiger partial charge in [-0.1, -0.05) is 75.4 Å². The summed E-state index contributed by atoms with van der Waals surface area (Å²) in [6.45, 7) is 6.43. The molecule has 1 atom stereocenters. The fraction of sp³-hybridized carbons (Fsp3) is 0.182. The third-order valence-electron chi connectivity index (χ3n) is 5.09. The number of fused-ring (bicyclic) bond motifs is 3. The Morgan fingerprint density at radius 1 is 0.846 bits per heavy atom. The van der Waals surface area contributed by atoms with Crippen LogP contribution in [0.5, 0.6) is 5.75 Å². The van der Waals surface area contributed by atoms with Crippen molar-refractivity contribution in [3.8, 4) is 16.9 Å². The average molecular weight is 366 g/mol. The van der Waals surface area contributed by atoms with Gasteiger partial charge in [-0.15, -0.1) is 0 Å². The van der Waals surface area contributed by atoms with Crippen molar-refractivity contribution in [2.45, 2.75) is 25.8 Å². The van der Waals surface area contributed by atoms with E-state index in [0.717, 1.165) is 22.0 Å². The summed E-state index contributed by atoms with van der Waals surface area (Å²) in [6.07, 6.45) is 0. The van der Waals surface area contributed by atoms with Crippen LogP contribution in [0.4, 0.5) is 8.78 Å². The molecule has 0 aliphatic carbocycles. The van der Waals surface area contributed by atoms with Crippen molar-refractivity contribution in [3.63, 3.8) is 0 Å². The molecular formula is C22H20F2OSi.